The van der Waals surface area contributed by atoms with Crippen molar-refractivity contribution in [2.45, 2.75) is 32.4 Å². The number of benzene rings is 1. The van der Waals surface area contributed by atoms with E-state index >= 15 is 0 Å². The lowest BCUT2D eigenvalue weighted by Gasteiger charge is -2.23. The molecule has 0 radical (unpaired) electrons. The van der Waals surface area contributed by atoms with Crippen LogP contribution in [0.4, 0.5) is 0 Å². The zero-order valence-corrected chi connectivity index (χ0v) is 13.0. The van der Waals surface area contributed by atoms with Crippen LogP contribution in [0.2, 0.25) is 5.02 Å². The van der Waals surface area contributed by atoms with Crippen LogP contribution < -0.4 is 5.56 Å². The summed E-state index contributed by atoms with van der Waals surface area (Å²) >= 11 is 6.01. The van der Waals surface area contributed by atoms with Gasteiger partial charge in [-0.15, -0.1) is 0 Å². The topological polar surface area (TPSA) is 59.9 Å². The standard InChI is InChI=1S/C16H16ClN3O2/c1-9-14-15(19-20(9)13-4-2-3-7-22-13)11-6-5-10(17)8-12(11)18-16(14)21/h5-6,8,13H,2-4,7H2,1H3,(H,18,21). The highest BCUT2D eigenvalue weighted by molar-refractivity contribution is 6.31. The normalized spacial score (nSPS) is 19.1. The minimum absolute atomic E-state index is 0.0806. The third-order valence-corrected chi connectivity index (χ3v) is 4.53. The van der Waals surface area contributed by atoms with E-state index in [0.29, 0.717) is 21.4 Å². The van der Waals surface area contributed by atoms with Gasteiger partial charge >= 0.3 is 0 Å². The molecule has 1 saturated heterocycles. The smallest absolute Gasteiger partial charge is 0.259 e. The molecule has 4 rings (SSSR count). The highest BCUT2D eigenvalue weighted by Gasteiger charge is 2.22. The molecule has 1 unspecified atom stereocenters. The van der Waals surface area contributed by atoms with Crippen molar-refractivity contribution in [2.24, 2.45) is 0 Å². The van der Waals surface area contributed by atoms with Gasteiger partial charge in [-0.3, -0.25) is 4.79 Å². The minimum Gasteiger partial charge on any atom is -0.357 e. The summed E-state index contributed by atoms with van der Waals surface area (Å²) in [5.74, 6) is 0. The first-order valence-corrected chi connectivity index (χ1v) is 7.85. The number of hydrogen-bond acceptors (Lipinski definition) is 3. The minimum atomic E-state index is -0.135. The molecule has 2 aromatic heterocycles. The van der Waals surface area contributed by atoms with Crippen molar-refractivity contribution in [3.8, 4) is 0 Å². The van der Waals surface area contributed by atoms with E-state index in [-0.39, 0.29) is 11.8 Å². The van der Waals surface area contributed by atoms with Gasteiger partial charge in [-0.25, -0.2) is 4.68 Å². The van der Waals surface area contributed by atoms with E-state index in [4.69, 9.17) is 16.3 Å². The molecule has 6 heteroatoms. The number of fused-ring (bicyclic) bond motifs is 3. The Kier molecular flexibility index (Phi) is 3.20. The van der Waals surface area contributed by atoms with Gasteiger partial charge in [-0.1, -0.05) is 11.6 Å². The Morgan fingerprint density at radius 3 is 3.05 bits per heavy atom. The first-order valence-electron chi connectivity index (χ1n) is 7.47. The molecule has 1 aliphatic heterocycles. The maximum Gasteiger partial charge on any atom is 0.259 e. The average Bonchev–Trinajstić information content (AvgIpc) is 2.86. The fraction of sp³-hybridized carbons (Fsp3) is 0.375. The van der Waals surface area contributed by atoms with Gasteiger partial charge in [0.25, 0.3) is 5.56 Å². The summed E-state index contributed by atoms with van der Waals surface area (Å²) in [6.45, 7) is 2.66. The quantitative estimate of drug-likeness (QED) is 0.746. The molecule has 3 heterocycles. The lowest BCUT2D eigenvalue weighted by atomic mass is 10.1. The maximum atomic E-state index is 12.4. The molecular formula is C16H16ClN3O2. The number of H-pyrrole nitrogens is 1. The Hall–Kier alpha value is -1.85. The fourth-order valence-electron chi connectivity index (χ4n) is 3.19. The molecule has 3 aromatic rings. The van der Waals surface area contributed by atoms with Crippen LogP contribution in [0.5, 0.6) is 0 Å². The van der Waals surface area contributed by atoms with Gasteiger partial charge in [0.05, 0.1) is 16.6 Å². The number of hydrogen-bond donors (Lipinski definition) is 1. The Labute approximate surface area is 131 Å². The van der Waals surface area contributed by atoms with Crippen LogP contribution in [0.3, 0.4) is 0 Å². The molecule has 1 aromatic carbocycles. The second-order valence-electron chi connectivity index (χ2n) is 5.72. The van der Waals surface area contributed by atoms with Crippen LogP contribution in [0, 0.1) is 6.92 Å². The predicted molar refractivity (Wildman–Crippen MR) is 86.4 cm³/mol. The molecular weight excluding hydrogens is 302 g/mol. The first-order chi connectivity index (χ1) is 10.6. The Balaban J connectivity index is 2.01. The van der Waals surface area contributed by atoms with Gasteiger partial charge in [0.2, 0.25) is 0 Å². The molecule has 5 nitrogen and oxygen atoms in total. The van der Waals surface area contributed by atoms with Crippen molar-refractivity contribution >= 4 is 33.4 Å². The number of rotatable bonds is 1. The molecule has 1 atom stereocenters. The first kappa shape index (κ1) is 13.8. The van der Waals surface area contributed by atoms with Crippen LogP contribution in [0.1, 0.15) is 31.2 Å². The summed E-state index contributed by atoms with van der Waals surface area (Å²) < 4.78 is 7.67. The van der Waals surface area contributed by atoms with Gasteiger partial charge in [0.1, 0.15) is 11.7 Å². The van der Waals surface area contributed by atoms with Crippen LogP contribution >= 0.6 is 11.6 Å². The van der Waals surface area contributed by atoms with Crippen molar-refractivity contribution in [1.82, 2.24) is 14.8 Å². The van der Waals surface area contributed by atoms with Crippen molar-refractivity contribution < 1.29 is 4.74 Å². The van der Waals surface area contributed by atoms with Crippen molar-refractivity contribution in [3.05, 3.63) is 39.3 Å². The van der Waals surface area contributed by atoms with Gasteiger partial charge in [0, 0.05) is 17.0 Å². The summed E-state index contributed by atoms with van der Waals surface area (Å²) in [6.07, 6.45) is 3.05. The maximum absolute atomic E-state index is 12.4. The molecule has 0 aliphatic carbocycles. The summed E-state index contributed by atoms with van der Waals surface area (Å²) in [7, 11) is 0. The number of aromatic nitrogens is 3. The molecule has 0 amide bonds. The van der Waals surface area contributed by atoms with Gasteiger partial charge in [-0.2, -0.15) is 5.10 Å². The number of halogens is 1. The molecule has 1 N–H and O–H groups in total. The monoisotopic (exact) mass is 317 g/mol. The van der Waals surface area contributed by atoms with Crippen molar-refractivity contribution in [3.63, 3.8) is 0 Å². The molecule has 0 spiro atoms. The van der Waals surface area contributed by atoms with Crippen molar-refractivity contribution in [2.75, 3.05) is 6.61 Å². The summed E-state index contributed by atoms with van der Waals surface area (Å²) in [5.41, 5.74) is 2.13. The SMILES string of the molecule is Cc1c2c(=O)[nH]c3cc(Cl)ccc3c2nn1C1CCCCO1. The van der Waals surface area contributed by atoms with E-state index in [9.17, 15) is 4.79 Å². The van der Waals surface area contributed by atoms with E-state index in [2.05, 4.69) is 10.1 Å². The number of ether oxygens (including phenoxy) is 1. The average molecular weight is 318 g/mol. The van der Waals surface area contributed by atoms with E-state index in [1.54, 1.807) is 6.07 Å². The highest BCUT2D eigenvalue weighted by Crippen LogP contribution is 2.29. The Morgan fingerprint density at radius 1 is 1.41 bits per heavy atom. The highest BCUT2D eigenvalue weighted by atomic mass is 35.5. The summed E-state index contributed by atoms with van der Waals surface area (Å²) in [6, 6.07) is 5.46. The zero-order chi connectivity index (χ0) is 15.3. The molecule has 0 saturated carbocycles. The molecule has 1 aliphatic rings. The molecule has 114 valence electrons. The van der Waals surface area contributed by atoms with E-state index in [1.807, 2.05) is 23.7 Å². The van der Waals surface area contributed by atoms with E-state index in [1.165, 1.54) is 0 Å². The third kappa shape index (κ3) is 2.04. The lowest BCUT2D eigenvalue weighted by Crippen LogP contribution is -2.20. The number of nitrogens with one attached hydrogen (secondary N) is 1. The number of aryl methyl sites for hydroxylation is 1. The third-order valence-electron chi connectivity index (χ3n) is 4.29. The Morgan fingerprint density at radius 2 is 2.27 bits per heavy atom. The molecule has 22 heavy (non-hydrogen) atoms. The number of nitrogens with zero attached hydrogens (tertiary/aromatic N) is 2. The van der Waals surface area contributed by atoms with Gasteiger partial charge in [-0.05, 0) is 44.4 Å². The largest absolute Gasteiger partial charge is 0.357 e. The lowest BCUT2D eigenvalue weighted by molar-refractivity contribution is -0.0402. The summed E-state index contributed by atoms with van der Waals surface area (Å²) in [4.78, 5) is 15.3. The van der Waals surface area contributed by atoms with Crippen LogP contribution in [0.15, 0.2) is 23.0 Å². The van der Waals surface area contributed by atoms with Crippen LogP contribution in [-0.2, 0) is 4.74 Å². The zero-order valence-electron chi connectivity index (χ0n) is 12.2. The van der Waals surface area contributed by atoms with Crippen LogP contribution in [-0.4, -0.2) is 21.4 Å². The van der Waals surface area contributed by atoms with E-state index < -0.39 is 0 Å². The van der Waals surface area contributed by atoms with E-state index in [0.717, 1.165) is 36.9 Å². The summed E-state index contributed by atoms with van der Waals surface area (Å²) in [5, 5.41) is 6.80. The second-order valence-corrected chi connectivity index (χ2v) is 6.16. The molecule has 0 bridgehead atoms. The number of pyridine rings is 1. The number of aromatic amines is 1. The predicted octanol–water partition coefficient (Wildman–Crippen LogP) is 3.54. The fourth-order valence-corrected chi connectivity index (χ4v) is 3.36. The van der Waals surface area contributed by atoms with Crippen LogP contribution in [0.25, 0.3) is 21.8 Å². The Bertz CT molecular complexity index is 922. The van der Waals surface area contributed by atoms with Crippen molar-refractivity contribution in [1.29, 1.82) is 0 Å². The molecule has 1 fully saturated rings. The van der Waals surface area contributed by atoms with Gasteiger partial charge < -0.3 is 9.72 Å². The van der Waals surface area contributed by atoms with Gasteiger partial charge in [0.15, 0.2) is 0 Å². The second kappa shape index (κ2) is 5.11.